The van der Waals surface area contributed by atoms with E-state index in [-0.39, 0.29) is 23.1 Å². The molecule has 2 aromatic heterocycles. The summed E-state index contributed by atoms with van der Waals surface area (Å²) in [6.07, 6.45) is -5.56. The van der Waals surface area contributed by atoms with Crippen LogP contribution in [0.4, 0.5) is 37.8 Å². The molecule has 0 spiro atoms. The Hall–Kier alpha value is -3.69. The molecule has 0 fully saturated rings. The molecule has 158 valence electrons. The zero-order valence-corrected chi connectivity index (χ0v) is 15.5. The highest BCUT2D eigenvalue weighted by atomic mass is 19.4. The predicted octanol–water partition coefficient (Wildman–Crippen LogP) is 6.47. The second-order valence-electron chi connectivity index (χ2n) is 6.61. The summed E-state index contributed by atoms with van der Waals surface area (Å²) < 4.78 is 78.9. The Bertz CT molecular complexity index is 1210. The highest BCUT2D eigenvalue weighted by molar-refractivity contribution is 5.94. The van der Waals surface area contributed by atoms with Crippen LogP contribution in [-0.2, 0) is 12.4 Å². The molecule has 0 bridgehead atoms. The summed E-state index contributed by atoms with van der Waals surface area (Å²) in [6, 6.07) is 9.77. The van der Waals surface area contributed by atoms with Gasteiger partial charge < -0.3 is 5.32 Å². The average molecular weight is 434 g/mol. The molecule has 1 N–H and O–H groups in total. The normalized spacial score (nSPS) is 12.2. The molecular weight excluding hydrogens is 422 g/mol. The lowest BCUT2D eigenvalue weighted by atomic mass is 10.0. The summed E-state index contributed by atoms with van der Waals surface area (Å²) in [5, 5.41) is 4.68. The van der Waals surface area contributed by atoms with Crippen LogP contribution in [0.15, 0.2) is 67.3 Å². The number of nitrogens with one attached hydrogen (secondary N) is 1. The Morgan fingerprint density at radius 3 is 2.16 bits per heavy atom. The number of alkyl halides is 6. The number of benzene rings is 2. The SMILES string of the molecule is FC(F)(F)c1cc(-c2cc(Nc3cccc4cnccc34)ncn2)cc(C(F)(F)F)c1. The van der Waals surface area contributed by atoms with Crippen molar-refractivity contribution in [2.45, 2.75) is 12.4 Å². The topological polar surface area (TPSA) is 50.7 Å². The number of rotatable bonds is 3. The van der Waals surface area contributed by atoms with Crippen molar-refractivity contribution in [2.24, 2.45) is 0 Å². The Labute approximate surface area is 171 Å². The lowest BCUT2D eigenvalue weighted by molar-refractivity contribution is -0.143. The van der Waals surface area contributed by atoms with E-state index in [0.29, 0.717) is 17.8 Å². The summed E-state index contributed by atoms with van der Waals surface area (Å²) in [7, 11) is 0. The number of fused-ring (bicyclic) bond motifs is 1. The number of aromatic nitrogens is 3. The first-order valence-corrected chi connectivity index (χ1v) is 8.83. The quantitative estimate of drug-likeness (QED) is 0.376. The molecule has 4 rings (SSSR count). The van der Waals surface area contributed by atoms with E-state index in [1.165, 1.54) is 6.07 Å². The van der Waals surface area contributed by atoms with Gasteiger partial charge in [0.15, 0.2) is 0 Å². The van der Waals surface area contributed by atoms with E-state index in [4.69, 9.17) is 0 Å². The van der Waals surface area contributed by atoms with Crippen molar-refractivity contribution in [2.75, 3.05) is 5.32 Å². The first-order valence-electron chi connectivity index (χ1n) is 8.83. The predicted molar refractivity (Wildman–Crippen MR) is 102 cm³/mol. The van der Waals surface area contributed by atoms with Crippen LogP contribution in [0.5, 0.6) is 0 Å². The van der Waals surface area contributed by atoms with Crippen molar-refractivity contribution in [1.29, 1.82) is 0 Å². The van der Waals surface area contributed by atoms with E-state index in [2.05, 4.69) is 20.3 Å². The van der Waals surface area contributed by atoms with Crippen molar-refractivity contribution in [3.05, 3.63) is 78.4 Å². The number of pyridine rings is 1. The lowest BCUT2D eigenvalue weighted by Gasteiger charge is -2.14. The third-order valence-corrected chi connectivity index (χ3v) is 4.49. The minimum Gasteiger partial charge on any atom is -0.340 e. The van der Waals surface area contributed by atoms with Gasteiger partial charge in [-0.1, -0.05) is 12.1 Å². The molecule has 0 aliphatic heterocycles. The van der Waals surface area contributed by atoms with E-state index in [9.17, 15) is 26.3 Å². The van der Waals surface area contributed by atoms with E-state index in [1.807, 2.05) is 6.07 Å². The van der Waals surface area contributed by atoms with Gasteiger partial charge in [-0.25, -0.2) is 9.97 Å². The maximum Gasteiger partial charge on any atom is 0.416 e. The van der Waals surface area contributed by atoms with Gasteiger partial charge in [0, 0.05) is 40.5 Å². The fourth-order valence-electron chi connectivity index (χ4n) is 3.06. The highest BCUT2D eigenvalue weighted by Gasteiger charge is 2.37. The summed E-state index contributed by atoms with van der Waals surface area (Å²) in [4.78, 5) is 11.9. The Morgan fingerprint density at radius 1 is 0.774 bits per heavy atom. The zero-order valence-electron chi connectivity index (χ0n) is 15.5. The maximum absolute atomic E-state index is 13.1. The van der Waals surface area contributed by atoms with Crippen LogP contribution in [0.1, 0.15) is 11.1 Å². The van der Waals surface area contributed by atoms with Crippen LogP contribution in [0.2, 0.25) is 0 Å². The van der Waals surface area contributed by atoms with Crippen LogP contribution in [0, 0.1) is 0 Å². The first kappa shape index (κ1) is 20.6. The standard InChI is InChI=1S/C21H12F6N4/c22-20(23,24)14-6-13(7-15(8-14)21(25,26)27)18-9-19(30-11-29-18)31-17-3-1-2-12-10-28-5-4-16(12)17/h1-11H,(H,29,30,31). The fraction of sp³-hybridized carbons (Fsp3) is 0.0952. The molecule has 4 aromatic rings. The van der Waals surface area contributed by atoms with Gasteiger partial charge in [0.25, 0.3) is 0 Å². The molecule has 0 aliphatic carbocycles. The highest BCUT2D eigenvalue weighted by Crippen LogP contribution is 2.38. The second-order valence-corrected chi connectivity index (χ2v) is 6.61. The molecule has 4 nitrogen and oxygen atoms in total. The molecule has 0 atom stereocenters. The number of anilines is 2. The van der Waals surface area contributed by atoms with Crippen molar-refractivity contribution in [3.63, 3.8) is 0 Å². The largest absolute Gasteiger partial charge is 0.416 e. The second kappa shape index (κ2) is 7.53. The first-order chi connectivity index (χ1) is 14.6. The van der Waals surface area contributed by atoms with Crippen LogP contribution in [0.25, 0.3) is 22.0 Å². The number of nitrogens with zero attached hydrogens (tertiary/aromatic N) is 3. The molecule has 31 heavy (non-hydrogen) atoms. The van der Waals surface area contributed by atoms with Gasteiger partial charge in [-0.15, -0.1) is 0 Å². The Morgan fingerprint density at radius 2 is 1.48 bits per heavy atom. The van der Waals surface area contributed by atoms with Crippen molar-refractivity contribution in [1.82, 2.24) is 15.0 Å². The third kappa shape index (κ3) is 4.42. The number of hydrogen-bond acceptors (Lipinski definition) is 4. The molecule has 0 saturated carbocycles. The van der Waals surface area contributed by atoms with Gasteiger partial charge >= 0.3 is 12.4 Å². The van der Waals surface area contributed by atoms with Crippen LogP contribution >= 0.6 is 0 Å². The summed E-state index contributed by atoms with van der Waals surface area (Å²) >= 11 is 0. The maximum atomic E-state index is 13.1. The molecule has 0 unspecified atom stereocenters. The van der Waals surface area contributed by atoms with E-state index < -0.39 is 23.5 Å². The van der Waals surface area contributed by atoms with Crippen LogP contribution in [-0.4, -0.2) is 15.0 Å². The Balaban J connectivity index is 1.76. The molecule has 0 radical (unpaired) electrons. The van der Waals surface area contributed by atoms with Gasteiger partial charge in [-0.05, 0) is 30.3 Å². The van der Waals surface area contributed by atoms with Gasteiger partial charge in [0.1, 0.15) is 12.1 Å². The minimum absolute atomic E-state index is 0.0774. The monoisotopic (exact) mass is 434 g/mol. The third-order valence-electron chi connectivity index (χ3n) is 4.49. The minimum atomic E-state index is -4.94. The molecule has 0 aliphatic rings. The van der Waals surface area contributed by atoms with Gasteiger partial charge in [0.2, 0.25) is 0 Å². The number of hydrogen-bond donors (Lipinski definition) is 1. The summed E-state index contributed by atoms with van der Waals surface area (Å²) in [5.41, 5.74) is -2.59. The summed E-state index contributed by atoms with van der Waals surface area (Å²) in [5.74, 6) is 0.209. The molecule has 0 amide bonds. The van der Waals surface area contributed by atoms with Gasteiger partial charge in [-0.3, -0.25) is 4.98 Å². The fourth-order valence-corrected chi connectivity index (χ4v) is 3.06. The van der Waals surface area contributed by atoms with Crippen LogP contribution < -0.4 is 5.32 Å². The molecule has 10 heteroatoms. The van der Waals surface area contributed by atoms with Gasteiger partial charge in [0.05, 0.1) is 16.8 Å². The number of halogens is 6. The van der Waals surface area contributed by atoms with Gasteiger partial charge in [-0.2, -0.15) is 26.3 Å². The average Bonchev–Trinajstić information content (AvgIpc) is 2.73. The zero-order chi connectivity index (χ0) is 22.2. The smallest absolute Gasteiger partial charge is 0.340 e. The van der Waals surface area contributed by atoms with E-state index >= 15 is 0 Å². The lowest BCUT2D eigenvalue weighted by Crippen LogP contribution is -2.11. The van der Waals surface area contributed by atoms with E-state index in [1.54, 1.807) is 30.6 Å². The van der Waals surface area contributed by atoms with Crippen molar-refractivity contribution < 1.29 is 26.3 Å². The van der Waals surface area contributed by atoms with Crippen LogP contribution in [0.3, 0.4) is 0 Å². The van der Waals surface area contributed by atoms with E-state index in [0.717, 1.165) is 17.1 Å². The van der Waals surface area contributed by atoms with Crippen molar-refractivity contribution in [3.8, 4) is 11.3 Å². The molecule has 2 heterocycles. The molecular formula is C21H12F6N4. The van der Waals surface area contributed by atoms with Crippen molar-refractivity contribution >= 4 is 22.3 Å². The Kier molecular flexibility index (Phi) is 5.00. The summed E-state index contributed by atoms with van der Waals surface area (Å²) in [6.45, 7) is 0. The molecule has 2 aromatic carbocycles. The molecule has 0 saturated heterocycles.